The zero-order chi connectivity index (χ0) is 21.0. The standard InChI is InChI=1S/C17H20Cl2N4O4S2/c1-28-7-6-13(23-29(25,26)14-8-11(18)4-5-12(14)19)17(24)20-9-15-21-16(22-27-15)10-2-3-10/h4-5,8,10,13,23H,2-3,6-7,9H2,1H3,(H,20,24). The molecule has 1 atom stereocenters. The Kier molecular flexibility index (Phi) is 7.44. The molecule has 1 aromatic carbocycles. The maximum absolute atomic E-state index is 12.8. The summed E-state index contributed by atoms with van der Waals surface area (Å²) in [4.78, 5) is 16.7. The minimum absolute atomic E-state index is 0.0180. The van der Waals surface area contributed by atoms with Crippen LogP contribution < -0.4 is 10.0 Å². The van der Waals surface area contributed by atoms with Crippen LogP contribution in [-0.4, -0.2) is 42.5 Å². The van der Waals surface area contributed by atoms with Gasteiger partial charge in [0.1, 0.15) is 10.9 Å². The number of thioether (sulfide) groups is 1. The van der Waals surface area contributed by atoms with Gasteiger partial charge < -0.3 is 9.84 Å². The maximum atomic E-state index is 12.8. The van der Waals surface area contributed by atoms with Gasteiger partial charge in [-0.15, -0.1) is 0 Å². The third kappa shape index (κ3) is 6.08. The van der Waals surface area contributed by atoms with Crippen molar-refractivity contribution in [3.63, 3.8) is 0 Å². The van der Waals surface area contributed by atoms with Crippen LogP contribution in [0.15, 0.2) is 27.6 Å². The molecule has 2 N–H and O–H groups in total. The molecular weight excluding hydrogens is 459 g/mol. The van der Waals surface area contributed by atoms with E-state index in [2.05, 4.69) is 20.2 Å². The van der Waals surface area contributed by atoms with E-state index in [1.54, 1.807) is 0 Å². The van der Waals surface area contributed by atoms with Crippen LogP contribution in [0.25, 0.3) is 0 Å². The van der Waals surface area contributed by atoms with Gasteiger partial charge >= 0.3 is 0 Å². The minimum atomic E-state index is -4.06. The third-order valence-electron chi connectivity index (χ3n) is 4.25. The van der Waals surface area contributed by atoms with Gasteiger partial charge in [-0.3, -0.25) is 4.79 Å². The highest BCUT2D eigenvalue weighted by molar-refractivity contribution is 7.98. The summed E-state index contributed by atoms with van der Waals surface area (Å²) in [5.74, 6) is 1.35. The lowest BCUT2D eigenvalue weighted by molar-refractivity contribution is -0.123. The Balaban J connectivity index is 1.68. The molecule has 1 saturated carbocycles. The Labute approximate surface area is 183 Å². The summed E-state index contributed by atoms with van der Waals surface area (Å²) in [7, 11) is -4.06. The third-order valence-corrected chi connectivity index (χ3v) is 7.08. The second-order valence-corrected chi connectivity index (χ2v) is 10.1. The van der Waals surface area contributed by atoms with E-state index in [1.165, 1.54) is 30.0 Å². The van der Waals surface area contributed by atoms with E-state index in [1.807, 2.05) is 6.26 Å². The van der Waals surface area contributed by atoms with Gasteiger partial charge in [-0.2, -0.15) is 21.5 Å². The van der Waals surface area contributed by atoms with Gasteiger partial charge in [-0.25, -0.2) is 8.42 Å². The normalized spacial score (nSPS) is 15.3. The highest BCUT2D eigenvalue weighted by atomic mass is 35.5. The molecule has 1 aliphatic carbocycles. The fourth-order valence-electron chi connectivity index (χ4n) is 2.55. The van der Waals surface area contributed by atoms with Gasteiger partial charge in [0.2, 0.25) is 21.8 Å². The van der Waals surface area contributed by atoms with Gasteiger partial charge in [0.15, 0.2) is 5.82 Å². The molecule has 8 nitrogen and oxygen atoms in total. The van der Waals surface area contributed by atoms with E-state index in [4.69, 9.17) is 27.7 Å². The molecule has 0 bridgehead atoms. The number of carbonyl (C=O) groups excluding carboxylic acids is 1. The van der Waals surface area contributed by atoms with Gasteiger partial charge in [-0.1, -0.05) is 28.4 Å². The lowest BCUT2D eigenvalue weighted by Gasteiger charge is -2.18. The summed E-state index contributed by atoms with van der Waals surface area (Å²) in [5.41, 5.74) is 0. The first kappa shape index (κ1) is 22.4. The quantitative estimate of drug-likeness (QED) is 0.539. The zero-order valence-corrected chi connectivity index (χ0v) is 18.7. The first-order valence-corrected chi connectivity index (χ1v) is 12.5. The summed E-state index contributed by atoms with van der Waals surface area (Å²) in [6.07, 6.45) is 4.24. The Hall–Kier alpha value is -1.33. The van der Waals surface area contributed by atoms with E-state index in [0.29, 0.717) is 23.9 Å². The van der Waals surface area contributed by atoms with Crippen molar-refractivity contribution in [1.82, 2.24) is 20.2 Å². The Morgan fingerprint density at radius 1 is 1.38 bits per heavy atom. The summed E-state index contributed by atoms with van der Waals surface area (Å²) in [5, 5.41) is 6.78. The maximum Gasteiger partial charge on any atom is 0.246 e. The summed E-state index contributed by atoms with van der Waals surface area (Å²) < 4.78 is 33.1. The lowest BCUT2D eigenvalue weighted by Crippen LogP contribution is -2.46. The first-order chi connectivity index (χ1) is 13.8. The fraction of sp³-hybridized carbons (Fsp3) is 0.471. The number of amides is 1. The van der Waals surface area contributed by atoms with E-state index in [0.717, 1.165) is 12.8 Å². The Bertz CT molecular complexity index is 980. The second kappa shape index (κ2) is 9.65. The zero-order valence-electron chi connectivity index (χ0n) is 15.5. The number of nitrogens with one attached hydrogen (secondary N) is 2. The Morgan fingerprint density at radius 3 is 2.83 bits per heavy atom. The van der Waals surface area contributed by atoms with Gasteiger partial charge in [0, 0.05) is 10.9 Å². The van der Waals surface area contributed by atoms with Crippen LogP contribution in [-0.2, 0) is 21.4 Å². The largest absolute Gasteiger partial charge is 0.346 e. The van der Waals surface area contributed by atoms with Crippen molar-refractivity contribution >= 4 is 50.9 Å². The summed E-state index contributed by atoms with van der Waals surface area (Å²) in [6, 6.07) is 3.13. The molecule has 0 spiro atoms. The van der Waals surface area contributed by atoms with Crippen LogP contribution >= 0.6 is 35.0 Å². The second-order valence-electron chi connectivity index (χ2n) is 6.57. The molecule has 29 heavy (non-hydrogen) atoms. The molecule has 1 unspecified atom stereocenters. The average molecular weight is 479 g/mol. The number of sulfonamides is 1. The molecule has 0 aliphatic heterocycles. The molecule has 1 aromatic heterocycles. The fourth-order valence-corrected chi connectivity index (χ4v) is 5.01. The SMILES string of the molecule is CSCCC(NS(=O)(=O)c1cc(Cl)ccc1Cl)C(=O)NCc1nc(C2CC2)no1. The van der Waals surface area contributed by atoms with E-state index >= 15 is 0 Å². The van der Waals surface area contributed by atoms with Gasteiger partial charge in [0.05, 0.1) is 11.6 Å². The number of benzene rings is 1. The van der Waals surface area contributed by atoms with Crippen LogP contribution in [0.2, 0.25) is 10.0 Å². The van der Waals surface area contributed by atoms with E-state index < -0.39 is 22.0 Å². The van der Waals surface area contributed by atoms with Crippen LogP contribution in [0, 0.1) is 0 Å². The van der Waals surface area contributed by atoms with Crippen LogP contribution in [0.5, 0.6) is 0 Å². The molecule has 2 aromatic rings. The van der Waals surface area contributed by atoms with Crippen LogP contribution in [0.3, 0.4) is 0 Å². The molecule has 1 heterocycles. The molecule has 1 fully saturated rings. The molecule has 1 aliphatic rings. The van der Waals surface area contributed by atoms with E-state index in [-0.39, 0.29) is 27.4 Å². The first-order valence-electron chi connectivity index (χ1n) is 8.86. The smallest absolute Gasteiger partial charge is 0.246 e. The lowest BCUT2D eigenvalue weighted by atomic mass is 10.2. The molecule has 158 valence electrons. The van der Waals surface area contributed by atoms with E-state index in [9.17, 15) is 13.2 Å². The van der Waals surface area contributed by atoms with Crippen molar-refractivity contribution in [2.45, 2.75) is 42.7 Å². The number of hydrogen-bond donors (Lipinski definition) is 2. The molecule has 0 radical (unpaired) electrons. The molecule has 3 rings (SSSR count). The van der Waals surface area contributed by atoms with Crippen molar-refractivity contribution in [3.8, 4) is 0 Å². The highest BCUT2D eigenvalue weighted by Crippen LogP contribution is 2.38. The van der Waals surface area contributed by atoms with Crippen molar-refractivity contribution < 1.29 is 17.7 Å². The van der Waals surface area contributed by atoms with Gasteiger partial charge in [-0.05, 0) is 49.5 Å². The van der Waals surface area contributed by atoms with Crippen molar-refractivity contribution in [3.05, 3.63) is 40.0 Å². The Morgan fingerprint density at radius 2 is 2.14 bits per heavy atom. The number of halogens is 2. The molecular formula is C17H20Cl2N4O4S2. The van der Waals surface area contributed by atoms with Crippen molar-refractivity contribution in [1.29, 1.82) is 0 Å². The topological polar surface area (TPSA) is 114 Å². The monoisotopic (exact) mass is 478 g/mol. The number of hydrogen-bond acceptors (Lipinski definition) is 7. The molecule has 12 heteroatoms. The summed E-state index contributed by atoms with van der Waals surface area (Å²) in [6.45, 7) is 0.0218. The predicted molar refractivity (Wildman–Crippen MR) is 112 cm³/mol. The van der Waals surface area contributed by atoms with Crippen molar-refractivity contribution in [2.75, 3.05) is 12.0 Å². The number of aromatic nitrogens is 2. The number of nitrogens with zero attached hydrogens (tertiary/aromatic N) is 2. The number of carbonyl (C=O) groups is 1. The minimum Gasteiger partial charge on any atom is -0.346 e. The van der Waals surface area contributed by atoms with Crippen LogP contribution in [0.1, 0.15) is 36.9 Å². The van der Waals surface area contributed by atoms with Gasteiger partial charge in [0.25, 0.3) is 0 Å². The average Bonchev–Trinajstić information content (AvgIpc) is 3.43. The van der Waals surface area contributed by atoms with Crippen LogP contribution in [0.4, 0.5) is 0 Å². The number of rotatable bonds is 10. The summed E-state index contributed by atoms with van der Waals surface area (Å²) >= 11 is 13.4. The van der Waals surface area contributed by atoms with Crippen molar-refractivity contribution in [2.24, 2.45) is 0 Å². The molecule has 0 saturated heterocycles. The predicted octanol–water partition coefficient (Wildman–Crippen LogP) is 2.97. The molecule has 1 amide bonds. The highest BCUT2D eigenvalue weighted by Gasteiger charge is 2.30.